The zero-order chi connectivity index (χ0) is 20.7. The van der Waals surface area contributed by atoms with Gasteiger partial charge in [-0.15, -0.1) is 0 Å². The van der Waals surface area contributed by atoms with Crippen molar-refractivity contribution >= 4 is 29.8 Å². The Bertz CT molecular complexity index is 663. The summed E-state index contributed by atoms with van der Waals surface area (Å²) in [7, 11) is 3.38. The quantitative estimate of drug-likeness (QED) is 0.271. The van der Waals surface area contributed by atoms with E-state index in [4.69, 9.17) is 14.2 Å². The molecule has 3 atom stereocenters. The summed E-state index contributed by atoms with van der Waals surface area (Å²) in [6.07, 6.45) is -1.47. The van der Waals surface area contributed by atoms with Crippen molar-refractivity contribution in [3.63, 3.8) is 0 Å². The van der Waals surface area contributed by atoms with E-state index in [1.54, 1.807) is 0 Å². The molecule has 10 heteroatoms. The second-order valence-electron chi connectivity index (χ2n) is 5.73. The van der Waals surface area contributed by atoms with Crippen molar-refractivity contribution in [3.8, 4) is 0 Å². The van der Waals surface area contributed by atoms with Gasteiger partial charge in [-0.3, -0.25) is 19.2 Å². The lowest BCUT2D eigenvalue weighted by Gasteiger charge is -2.22. The molecular formula is C17H22O10. The van der Waals surface area contributed by atoms with E-state index in [9.17, 15) is 24.0 Å². The third kappa shape index (κ3) is 5.53. The molecular weight excluding hydrogens is 364 g/mol. The lowest BCUT2D eigenvalue weighted by molar-refractivity contribution is -0.159. The van der Waals surface area contributed by atoms with E-state index in [1.807, 2.05) is 0 Å². The Hall–Kier alpha value is -2.91. The number of rotatable bonds is 6. The van der Waals surface area contributed by atoms with E-state index in [0.717, 1.165) is 35.2 Å². The van der Waals surface area contributed by atoms with Gasteiger partial charge in [0.25, 0.3) is 0 Å². The molecule has 1 fully saturated rings. The van der Waals surface area contributed by atoms with Crippen LogP contribution in [-0.2, 0) is 47.7 Å². The Morgan fingerprint density at radius 3 is 2.00 bits per heavy atom. The standard InChI is InChI=1S/C17H22O10/c1-8(18)26-12-6-11(15(17(22)25-5)27-9(2)19)10(7-13(20)23-3)14(12)16(21)24-4/h10,12,14H,6-7H2,1-5H3/b15-11-/t10-,12+,14+/m0/s1. The van der Waals surface area contributed by atoms with Gasteiger partial charge in [0.05, 0.1) is 27.8 Å². The number of esters is 5. The summed E-state index contributed by atoms with van der Waals surface area (Å²) in [4.78, 5) is 59.1. The van der Waals surface area contributed by atoms with E-state index in [1.165, 1.54) is 0 Å². The van der Waals surface area contributed by atoms with E-state index in [-0.39, 0.29) is 18.4 Å². The van der Waals surface area contributed by atoms with Crippen LogP contribution >= 0.6 is 0 Å². The van der Waals surface area contributed by atoms with E-state index in [2.05, 4.69) is 9.47 Å². The monoisotopic (exact) mass is 386 g/mol. The molecule has 0 unspecified atom stereocenters. The molecule has 0 aromatic carbocycles. The molecule has 10 nitrogen and oxygen atoms in total. The maximum absolute atomic E-state index is 12.3. The highest BCUT2D eigenvalue weighted by Gasteiger charge is 2.50. The Kier molecular flexibility index (Phi) is 7.95. The Morgan fingerprint density at radius 1 is 0.926 bits per heavy atom. The minimum Gasteiger partial charge on any atom is -0.469 e. The molecule has 0 amide bonds. The summed E-state index contributed by atoms with van der Waals surface area (Å²) < 4.78 is 24.2. The molecule has 0 heterocycles. The molecule has 0 spiro atoms. The molecule has 0 bridgehead atoms. The highest BCUT2D eigenvalue weighted by molar-refractivity contribution is 5.91. The minimum absolute atomic E-state index is 0.126. The molecule has 0 radical (unpaired) electrons. The van der Waals surface area contributed by atoms with Crippen LogP contribution in [0.2, 0.25) is 0 Å². The van der Waals surface area contributed by atoms with Gasteiger partial charge in [0.1, 0.15) is 12.0 Å². The van der Waals surface area contributed by atoms with Crippen molar-refractivity contribution in [2.75, 3.05) is 21.3 Å². The van der Waals surface area contributed by atoms with Crippen LogP contribution in [0.1, 0.15) is 26.7 Å². The highest BCUT2D eigenvalue weighted by Crippen LogP contribution is 2.43. The van der Waals surface area contributed by atoms with Crippen molar-refractivity contribution in [2.45, 2.75) is 32.8 Å². The predicted octanol–water partition coefficient (Wildman–Crippen LogP) is 0.281. The number of carbonyl (C=O) groups is 5. The SMILES string of the molecule is COC(=O)C[C@H]1/C(=C(\OC(C)=O)C(=O)OC)C[C@@H](OC(C)=O)[C@@H]1C(=O)OC. The summed E-state index contributed by atoms with van der Waals surface area (Å²) >= 11 is 0. The Labute approximate surface area is 155 Å². The molecule has 0 aromatic heterocycles. The molecule has 0 N–H and O–H groups in total. The van der Waals surface area contributed by atoms with E-state index >= 15 is 0 Å². The molecule has 1 aliphatic carbocycles. The lowest BCUT2D eigenvalue weighted by Crippen LogP contribution is -2.33. The first kappa shape index (κ1) is 22.1. The predicted molar refractivity (Wildman–Crippen MR) is 86.6 cm³/mol. The van der Waals surface area contributed by atoms with Crippen LogP contribution in [0.5, 0.6) is 0 Å². The van der Waals surface area contributed by atoms with Gasteiger partial charge in [0, 0.05) is 26.2 Å². The second-order valence-corrected chi connectivity index (χ2v) is 5.73. The number of hydrogen-bond donors (Lipinski definition) is 0. The van der Waals surface area contributed by atoms with Gasteiger partial charge in [0.15, 0.2) is 0 Å². The van der Waals surface area contributed by atoms with Crippen LogP contribution in [0, 0.1) is 11.8 Å². The van der Waals surface area contributed by atoms with Crippen LogP contribution in [0.4, 0.5) is 0 Å². The van der Waals surface area contributed by atoms with Gasteiger partial charge in [-0.2, -0.15) is 0 Å². The number of carbonyl (C=O) groups excluding carboxylic acids is 5. The normalized spacial score (nSPS) is 23.1. The maximum Gasteiger partial charge on any atom is 0.374 e. The highest BCUT2D eigenvalue weighted by atomic mass is 16.6. The van der Waals surface area contributed by atoms with Crippen LogP contribution in [0.3, 0.4) is 0 Å². The summed E-state index contributed by atoms with van der Waals surface area (Å²) in [6, 6.07) is 0. The molecule has 1 saturated carbocycles. The van der Waals surface area contributed by atoms with Gasteiger partial charge in [-0.25, -0.2) is 4.79 Å². The molecule has 1 aliphatic rings. The van der Waals surface area contributed by atoms with Crippen molar-refractivity contribution in [1.29, 1.82) is 0 Å². The van der Waals surface area contributed by atoms with E-state index in [0.29, 0.717) is 0 Å². The Morgan fingerprint density at radius 2 is 1.56 bits per heavy atom. The molecule has 0 aromatic rings. The van der Waals surface area contributed by atoms with Crippen LogP contribution in [-0.4, -0.2) is 57.3 Å². The van der Waals surface area contributed by atoms with Crippen molar-refractivity contribution in [3.05, 3.63) is 11.3 Å². The Balaban J connectivity index is 3.55. The fraction of sp³-hybridized carbons (Fsp3) is 0.588. The second kappa shape index (κ2) is 9.70. The van der Waals surface area contributed by atoms with Crippen molar-refractivity contribution in [2.24, 2.45) is 11.8 Å². The molecule has 27 heavy (non-hydrogen) atoms. The smallest absolute Gasteiger partial charge is 0.374 e. The zero-order valence-corrected chi connectivity index (χ0v) is 15.7. The number of ether oxygens (including phenoxy) is 5. The van der Waals surface area contributed by atoms with Crippen molar-refractivity contribution in [1.82, 2.24) is 0 Å². The average Bonchev–Trinajstić information content (AvgIpc) is 2.94. The summed E-state index contributed by atoms with van der Waals surface area (Å²) in [5.74, 6) is -6.38. The van der Waals surface area contributed by atoms with Crippen LogP contribution < -0.4 is 0 Å². The fourth-order valence-corrected chi connectivity index (χ4v) is 3.00. The average molecular weight is 386 g/mol. The zero-order valence-electron chi connectivity index (χ0n) is 15.7. The van der Waals surface area contributed by atoms with E-state index < -0.39 is 53.5 Å². The molecule has 1 rings (SSSR count). The third-order valence-electron chi connectivity index (χ3n) is 4.02. The first-order valence-corrected chi connectivity index (χ1v) is 7.97. The first-order chi connectivity index (χ1) is 12.7. The molecule has 150 valence electrons. The van der Waals surface area contributed by atoms with Crippen LogP contribution in [0.15, 0.2) is 11.3 Å². The van der Waals surface area contributed by atoms with Gasteiger partial charge in [-0.05, 0) is 5.57 Å². The van der Waals surface area contributed by atoms with Crippen molar-refractivity contribution < 1.29 is 47.7 Å². The first-order valence-electron chi connectivity index (χ1n) is 7.97. The van der Waals surface area contributed by atoms with Gasteiger partial charge >= 0.3 is 29.8 Å². The third-order valence-corrected chi connectivity index (χ3v) is 4.02. The van der Waals surface area contributed by atoms with Gasteiger partial charge in [-0.1, -0.05) is 0 Å². The lowest BCUT2D eigenvalue weighted by atomic mass is 9.88. The molecule has 0 saturated heterocycles. The molecule has 0 aliphatic heterocycles. The number of hydrogen-bond acceptors (Lipinski definition) is 10. The van der Waals surface area contributed by atoms with Gasteiger partial charge < -0.3 is 23.7 Å². The van der Waals surface area contributed by atoms with Crippen LogP contribution in [0.25, 0.3) is 0 Å². The maximum atomic E-state index is 12.3. The number of methoxy groups -OCH3 is 3. The summed E-state index contributed by atoms with van der Waals surface area (Å²) in [5, 5.41) is 0. The van der Waals surface area contributed by atoms with Gasteiger partial charge in [0.2, 0.25) is 5.76 Å². The minimum atomic E-state index is -1.09. The summed E-state index contributed by atoms with van der Waals surface area (Å²) in [6.45, 7) is 2.23. The topological polar surface area (TPSA) is 132 Å². The fourth-order valence-electron chi connectivity index (χ4n) is 3.00. The summed E-state index contributed by atoms with van der Waals surface area (Å²) in [5.41, 5.74) is 0.129. The largest absolute Gasteiger partial charge is 0.469 e.